The average molecular weight is 800 g/mol. The minimum Gasteiger partial charge on any atom is -0.308 e. The fourth-order valence-corrected chi connectivity index (χ4v) is 11.8. The van der Waals surface area contributed by atoms with Crippen molar-refractivity contribution in [1.29, 1.82) is 0 Å². The Morgan fingerprint density at radius 2 is 1.10 bits per heavy atom. The molecule has 9 aromatic carbocycles. The van der Waals surface area contributed by atoms with E-state index in [0.717, 1.165) is 44.7 Å². The third kappa shape index (κ3) is 5.00. The van der Waals surface area contributed by atoms with E-state index in [9.17, 15) is 0 Å². The van der Waals surface area contributed by atoms with Crippen molar-refractivity contribution in [2.75, 3.05) is 0 Å². The zero-order valence-electron chi connectivity index (χ0n) is 32.3. The fraction of sp³-hybridized carbons (Fsp3) is 0.0182. The van der Waals surface area contributed by atoms with Crippen LogP contribution in [0.15, 0.2) is 204 Å². The van der Waals surface area contributed by atoms with Crippen molar-refractivity contribution >= 4 is 118 Å². The number of amidine groups is 1. The molecule has 3 nitrogen and oxygen atoms in total. The van der Waals surface area contributed by atoms with Gasteiger partial charge in [-0.2, -0.15) is 0 Å². The smallest absolute Gasteiger partial charge is 0.156 e. The molecule has 3 aromatic heterocycles. The average Bonchev–Trinajstić information content (AvgIpc) is 3.97. The summed E-state index contributed by atoms with van der Waals surface area (Å²) >= 11 is 3.66. The lowest BCUT2D eigenvalue weighted by Gasteiger charge is -2.26. The number of benzene rings is 9. The molecule has 13 rings (SSSR count). The monoisotopic (exact) mass is 799 g/mol. The Bertz CT molecular complexity index is 3860. The highest BCUT2D eigenvalue weighted by Gasteiger charge is 2.30. The van der Waals surface area contributed by atoms with Gasteiger partial charge in [0.2, 0.25) is 0 Å². The molecule has 12 aromatic rings. The molecule has 0 spiro atoms. The first-order valence-electron chi connectivity index (χ1n) is 20.3. The number of hydrogen-bond acceptors (Lipinski definition) is 4. The molecule has 0 unspecified atom stereocenters. The first kappa shape index (κ1) is 33.8. The number of thiophene rings is 2. The molecule has 0 amide bonds. The van der Waals surface area contributed by atoms with Gasteiger partial charge in [0.25, 0.3) is 0 Å². The maximum atomic E-state index is 5.60. The lowest BCUT2D eigenvalue weighted by Crippen LogP contribution is -2.21. The minimum absolute atomic E-state index is 0.319. The lowest BCUT2D eigenvalue weighted by atomic mass is 9.90. The SMILES string of the molecule is C=C1C(c2cc3c(cc2-n2c4cc5ccccc5cc4c4c5ccccc5ccc42)sc2ccccc23)=NC(c2ccc3c(c2)sc2ccccc23)=N[C@H]1c1ccccc1. The van der Waals surface area contributed by atoms with Gasteiger partial charge in [-0.15, -0.1) is 22.7 Å². The molecule has 0 radical (unpaired) electrons. The van der Waals surface area contributed by atoms with E-state index in [1.54, 1.807) is 0 Å². The molecule has 280 valence electrons. The van der Waals surface area contributed by atoms with E-state index in [1.165, 1.54) is 72.7 Å². The Labute approximate surface area is 353 Å². The van der Waals surface area contributed by atoms with Crippen LogP contribution in [0.1, 0.15) is 22.7 Å². The van der Waals surface area contributed by atoms with Gasteiger partial charge in [0.15, 0.2) is 5.84 Å². The van der Waals surface area contributed by atoms with E-state index in [1.807, 2.05) is 22.7 Å². The van der Waals surface area contributed by atoms with Crippen LogP contribution < -0.4 is 0 Å². The van der Waals surface area contributed by atoms with E-state index in [4.69, 9.17) is 16.6 Å². The minimum atomic E-state index is -0.319. The molecule has 1 aliphatic heterocycles. The van der Waals surface area contributed by atoms with Gasteiger partial charge in [0.1, 0.15) is 6.04 Å². The Hall–Kier alpha value is -7.18. The quantitative estimate of drug-likeness (QED) is 0.170. The fourth-order valence-electron chi connectivity index (χ4n) is 9.55. The van der Waals surface area contributed by atoms with Crippen LogP contribution in [0.4, 0.5) is 0 Å². The van der Waals surface area contributed by atoms with Crippen molar-refractivity contribution in [3.63, 3.8) is 0 Å². The van der Waals surface area contributed by atoms with Crippen molar-refractivity contribution in [2.45, 2.75) is 6.04 Å². The Kier molecular flexibility index (Phi) is 7.26. The molecule has 60 heavy (non-hydrogen) atoms. The first-order chi connectivity index (χ1) is 29.6. The number of nitrogens with zero attached hydrogens (tertiary/aromatic N) is 3. The number of aromatic nitrogens is 1. The second-order valence-corrected chi connectivity index (χ2v) is 17.9. The predicted octanol–water partition coefficient (Wildman–Crippen LogP) is 15.4. The summed E-state index contributed by atoms with van der Waals surface area (Å²) in [7, 11) is 0. The van der Waals surface area contributed by atoms with Crippen molar-refractivity contribution in [3.05, 3.63) is 211 Å². The summed E-state index contributed by atoms with van der Waals surface area (Å²) in [5.74, 6) is 0.714. The van der Waals surface area contributed by atoms with Crippen molar-refractivity contribution in [1.82, 2.24) is 4.57 Å². The molecular formula is C55H33N3S2. The summed E-state index contributed by atoms with van der Waals surface area (Å²) in [6, 6.07) is 65.9. The summed E-state index contributed by atoms with van der Waals surface area (Å²) in [5.41, 5.74) is 8.25. The Morgan fingerprint density at radius 3 is 1.88 bits per heavy atom. The summed E-state index contributed by atoms with van der Waals surface area (Å²) < 4.78 is 7.50. The van der Waals surface area contributed by atoms with Gasteiger partial charge in [0, 0.05) is 67.8 Å². The molecule has 1 atom stereocenters. The van der Waals surface area contributed by atoms with Crippen LogP contribution in [0.3, 0.4) is 0 Å². The van der Waals surface area contributed by atoms with Gasteiger partial charge in [-0.1, -0.05) is 140 Å². The largest absolute Gasteiger partial charge is 0.308 e. The molecule has 5 heteroatoms. The number of hydrogen-bond donors (Lipinski definition) is 0. The molecule has 0 bridgehead atoms. The van der Waals surface area contributed by atoms with Gasteiger partial charge in [-0.05, 0) is 75.6 Å². The second-order valence-electron chi connectivity index (χ2n) is 15.8. The van der Waals surface area contributed by atoms with Gasteiger partial charge >= 0.3 is 0 Å². The van der Waals surface area contributed by atoms with E-state index in [2.05, 4.69) is 187 Å². The molecule has 4 heterocycles. The highest BCUT2D eigenvalue weighted by molar-refractivity contribution is 7.26. The number of fused-ring (bicyclic) bond motifs is 12. The van der Waals surface area contributed by atoms with Crippen LogP contribution in [0, 0.1) is 0 Å². The molecule has 0 aliphatic carbocycles. The van der Waals surface area contributed by atoms with E-state index in [-0.39, 0.29) is 6.04 Å². The third-order valence-corrected chi connectivity index (χ3v) is 14.6. The summed E-state index contributed by atoms with van der Waals surface area (Å²) in [5, 5.41) is 12.4. The molecule has 0 fully saturated rings. The van der Waals surface area contributed by atoms with Gasteiger partial charge in [-0.3, -0.25) is 4.99 Å². The summed E-state index contributed by atoms with van der Waals surface area (Å²) in [4.78, 5) is 11.0. The normalized spacial score (nSPS) is 14.7. The van der Waals surface area contributed by atoms with E-state index in [0.29, 0.717) is 5.84 Å². The molecule has 0 N–H and O–H groups in total. The maximum Gasteiger partial charge on any atom is 0.156 e. The second kappa shape index (κ2) is 12.9. The van der Waals surface area contributed by atoms with E-state index < -0.39 is 0 Å². The Balaban J connectivity index is 1.14. The molecule has 0 saturated carbocycles. The van der Waals surface area contributed by atoms with Gasteiger partial charge in [0.05, 0.1) is 22.4 Å². The Morgan fingerprint density at radius 1 is 0.467 bits per heavy atom. The standard InChI is InChI=1S/C55H33N3S2/c1-32-53(34-14-3-2-4-15-34)56-55(37-23-25-41-39-19-9-11-21-48(39)59-50(41)29-37)57-54(32)44-30-42-40-20-10-12-22-49(40)60-51(42)31-47(44)58-45-26-24-33-13-7-8-18-38(33)52(45)43-27-35-16-5-6-17-36(35)28-46(43)58/h2-31,53H,1H2/t53-/m1/s1. The maximum absolute atomic E-state index is 5.60. The van der Waals surface area contributed by atoms with Crippen molar-refractivity contribution in [3.8, 4) is 5.69 Å². The van der Waals surface area contributed by atoms with Crippen LogP contribution in [-0.2, 0) is 0 Å². The summed E-state index contributed by atoms with van der Waals surface area (Å²) in [6.07, 6.45) is 0. The molecule has 1 aliphatic rings. The lowest BCUT2D eigenvalue weighted by molar-refractivity contribution is 0.874. The van der Waals surface area contributed by atoms with Gasteiger partial charge in [-0.25, -0.2) is 4.99 Å². The number of aliphatic imine (C=N–C) groups is 2. The highest BCUT2D eigenvalue weighted by Crippen LogP contribution is 2.44. The summed E-state index contributed by atoms with van der Waals surface area (Å²) in [6.45, 7) is 4.85. The zero-order valence-corrected chi connectivity index (χ0v) is 33.9. The van der Waals surface area contributed by atoms with Crippen LogP contribution >= 0.6 is 22.7 Å². The van der Waals surface area contributed by atoms with Crippen LogP contribution in [0.2, 0.25) is 0 Å². The third-order valence-electron chi connectivity index (χ3n) is 12.4. The van der Waals surface area contributed by atoms with Crippen LogP contribution in [0.25, 0.3) is 89.4 Å². The van der Waals surface area contributed by atoms with Crippen molar-refractivity contribution < 1.29 is 0 Å². The number of rotatable bonds is 4. The van der Waals surface area contributed by atoms with Gasteiger partial charge < -0.3 is 4.57 Å². The molecular weight excluding hydrogens is 767 g/mol. The first-order valence-corrected chi connectivity index (χ1v) is 21.9. The highest BCUT2D eigenvalue weighted by atomic mass is 32.1. The predicted molar refractivity (Wildman–Crippen MR) is 259 cm³/mol. The molecule has 0 saturated heterocycles. The topological polar surface area (TPSA) is 29.6 Å². The van der Waals surface area contributed by atoms with E-state index >= 15 is 0 Å². The van der Waals surface area contributed by atoms with Crippen molar-refractivity contribution in [2.24, 2.45) is 9.98 Å². The van der Waals surface area contributed by atoms with Crippen LogP contribution in [0.5, 0.6) is 0 Å². The van der Waals surface area contributed by atoms with Crippen LogP contribution in [-0.4, -0.2) is 16.1 Å². The zero-order chi connectivity index (χ0) is 39.5.